The van der Waals surface area contributed by atoms with E-state index in [9.17, 15) is 4.79 Å². The van der Waals surface area contributed by atoms with Gasteiger partial charge in [-0.2, -0.15) is 0 Å². The van der Waals surface area contributed by atoms with Gasteiger partial charge >= 0.3 is 5.97 Å². The molecule has 2 fully saturated rings. The van der Waals surface area contributed by atoms with Crippen LogP contribution in [-0.2, 0) is 14.3 Å². The normalized spacial score (nSPS) is 34.5. The molecule has 2 unspecified atom stereocenters. The third-order valence-electron chi connectivity index (χ3n) is 5.08. The molecule has 0 spiro atoms. The highest BCUT2D eigenvalue weighted by molar-refractivity contribution is 5.78. The molecule has 0 amide bonds. The molecule has 22 heavy (non-hydrogen) atoms. The van der Waals surface area contributed by atoms with Crippen molar-refractivity contribution in [1.29, 1.82) is 0 Å². The minimum Gasteiger partial charge on any atom is -0.460 e. The molecule has 1 aliphatic heterocycles. The fourth-order valence-corrected chi connectivity index (χ4v) is 3.65. The lowest BCUT2D eigenvalue weighted by molar-refractivity contribution is -0.157. The largest absolute Gasteiger partial charge is 0.460 e. The molecule has 1 heterocycles. The van der Waals surface area contributed by atoms with Crippen LogP contribution >= 0.6 is 0 Å². The molecule has 2 aliphatic rings. The van der Waals surface area contributed by atoms with Crippen molar-refractivity contribution in [1.82, 2.24) is 0 Å². The second-order valence-corrected chi connectivity index (χ2v) is 7.19. The summed E-state index contributed by atoms with van der Waals surface area (Å²) in [5.41, 5.74) is 1.06. The molecule has 3 nitrogen and oxygen atoms in total. The van der Waals surface area contributed by atoms with Gasteiger partial charge in [0.05, 0.1) is 0 Å². The quantitative estimate of drug-likeness (QED) is 0.620. The Balaban J connectivity index is 1.59. The fraction of sp³-hybridized carbons (Fsp3) is 0.632. The van der Waals surface area contributed by atoms with Crippen LogP contribution in [0.5, 0.6) is 0 Å². The van der Waals surface area contributed by atoms with E-state index in [1.54, 1.807) is 0 Å². The average molecular weight is 302 g/mol. The molecular weight excluding hydrogens is 276 g/mol. The van der Waals surface area contributed by atoms with E-state index >= 15 is 0 Å². The summed E-state index contributed by atoms with van der Waals surface area (Å²) >= 11 is 0. The molecule has 3 rings (SSSR count). The first-order valence-electron chi connectivity index (χ1n) is 8.47. The molecule has 1 saturated heterocycles. The summed E-state index contributed by atoms with van der Waals surface area (Å²) in [6.07, 6.45) is 2.90. The SMILES string of the molecule is CC(C)C1CC[C@H](C)CC1OC(=O)[C@@H]1O[C@@H]1c1ccccc1. The summed E-state index contributed by atoms with van der Waals surface area (Å²) in [6, 6.07) is 9.90. The lowest BCUT2D eigenvalue weighted by Crippen LogP contribution is -2.36. The van der Waals surface area contributed by atoms with Crippen molar-refractivity contribution < 1.29 is 14.3 Å². The number of hydrogen-bond donors (Lipinski definition) is 0. The molecule has 0 bridgehead atoms. The van der Waals surface area contributed by atoms with E-state index in [1.807, 2.05) is 30.3 Å². The number of esters is 1. The number of carbonyl (C=O) groups is 1. The van der Waals surface area contributed by atoms with E-state index < -0.39 is 6.10 Å². The summed E-state index contributed by atoms with van der Waals surface area (Å²) in [5.74, 6) is 1.49. The van der Waals surface area contributed by atoms with Crippen molar-refractivity contribution in [2.45, 2.75) is 58.3 Å². The fourth-order valence-electron chi connectivity index (χ4n) is 3.65. The Labute approximate surface area is 133 Å². The lowest BCUT2D eigenvalue weighted by atomic mass is 9.75. The smallest absolute Gasteiger partial charge is 0.338 e. The Morgan fingerprint density at radius 3 is 2.64 bits per heavy atom. The van der Waals surface area contributed by atoms with Crippen LogP contribution in [0.1, 0.15) is 51.7 Å². The Hall–Kier alpha value is -1.35. The molecule has 1 saturated carbocycles. The highest BCUT2D eigenvalue weighted by Gasteiger charge is 2.48. The minimum atomic E-state index is -0.410. The Bertz CT molecular complexity index is 511. The van der Waals surface area contributed by atoms with Gasteiger partial charge in [-0.3, -0.25) is 0 Å². The molecule has 3 heteroatoms. The van der Waals surface area contributed by atoms with Gasteiger partial charge in [-0.05, 0) is 36.2 Å². The van der Waals surface area contributed by atoms with Crippen LogP contribution in [-0.4, -0.2) is 18.2 Å². The third-order valence-corrected chi connectivity index (χ3v) is 5.08. The van der Waals surface area contributed by atoms with E-state index in [-0.39, 0.29) is 18.2 Å². The van der Waals surface area contributed by atoms with Crippen molar-refractivity contribution in [3.05, 3.63) is 35.9 Å². The summed E-state index contributed by atoms with van der Waals surface area (Å²) in [7, 11) is 0. The predicted octanol–water partition coefficient (Wildman–Crippen LogP) is 4.13. The van der Waals surface area contributed by atoms with Crippen molar-refractivity contribution in [3.63, 3.8) is 0 Å². The van der Waals surface area contributed by atoms with Gasteiger partial charge in [-0.25, -0.2) is 4.79 Å². The van der Waals surface area contributed by atoms with Gasteiger partial charge in [0.2, 0.25) is 0 Å². The summed E-state index contributed by atoms with van der Waals surface area (Å²) < 4.78 is 11.4. The molecule has 1 aliphatic carbocycles. The summed E-state index contributed by atoms with van der Waals surface area (Å²) in [4.78, 5) is 12.4. The maximum atomic E-state index is 12.4. The molecule has 0 aromatic heterocycles. The molecular formula is C19H26O3. The number of hydrogen-bond acceptors (Lipinski definition) is 3. The van der Waals surface area contributed by atoms with Gasteiger partial charge < -0.3 is 9.47 Å². The first-order valence-corrected chi connectivity index (χ1v) is 8.47. The first-order chi connectivity index (χ1) is 10.6. The topological polar surface area (TPSA) is 38.8 Å². The van der Waals surface area contributed by atoms with E-state index in [2.05, 4.69) is 20.8 Å². The minimum absolute atomic E-state index is 0.0527. The monoisotopic (exact) mass is 302 g/mol. The van der Waals surface area contributed by atoms with Crippen LogP contribution in [0, 0.1) is 17.8 Å². The van der Waals surface area contributed by atoms with Gasteiger partial charge in [-0.1, -0.05) is 57.5 Å². The van der Waals surface area contributed by atoms with Crippen molar-refractivity contribution in [2.75, 3.05) is 0 Å². The molecule has 0 radical (unpaired) electrons. The summed E-state index contributed by atoms with van der Waals surface area (Å²) in [5, 5.41) is 0. The average Bonchev–Trinajstić information content (AvgIpc) is 3.28. The zero-order valence-electron chi connectivity index (χ0n) is 13.7. The van der Waals surface area contributed by atoms with Crippen LogP contribution in [0.25, 0.3) is 0 Å². The van der Waals surface area contributed by atoms with Crippen LogP contribution in [0.2, 0.25) is 0 Å². The van der Waals surface area contributed by atoms with E-state index in [0.717, 1.165) is 18.4 Å². The second kappa shape index (κ2) is 6.41. The number of benzene rings is 1. The van der Waals surface area contributed by atoms with Crippen LogP contribution in [0.15, 0.2) is 30.3 Å². The van der Waals surface area contributed by atoms with E-state index in [1.165, 1.54) is 6.42 Å². The number of ether oxygens (including phenoxy) is 2. The lowest BCUT2D eigenvalue weighted by Gasteiger charge is -2.36. The van der Waals surface area contributed by atoms with Gasteiger partial charge in [0.15, 0.2) is 6.10 Å². The molecule has 120 valence electrons. The van der Waals surface area contributed by atoms with E-state index in [0.29, 0.717) is 17.8 Å². The van der Waals surface area contributed by atoms with Gasteiger partial charge in [0.25, 0.3) is 0 Å². The predicted molar refractivity (Wildman–Crippen MR) is 85.3 cm³/mol. The van der Waals surface area contributed by atoms with Crippen LogP contribution in [0.4, 0.5) is 0 Å². The Morgan fingerprint density at radius 1 is 1.23 bits per heavy atom. The van der Waals surface area contributed by atoms with Gasteiger partial charge in [-0.15, -0.1) is 0 Å². The molecule has 5 atom stereocenters. The molecule has 1 aromatic carbocycles. The van der Waals surface area contributed by atoms with Gasteiger partial charge in [0, 0.05) is 0 Å². The number of rotatable bonds is 4. The van der Waals surface area contributed by atoms with Crippen LogP contribution < -0.4 is 0 Å². The third kappa shape index (κ3) is 3.35. The zero-order valence-corrected chi connectivity index (χ0v) is 13.7. The standard InChI is InChI=1S/C19H26O3/c1-12(2)15-10-9-13(3)11-16(15)21-19(20)18-17(22-18)14-7-5-4-6-8-14/h4-8,12-13,15-18H,9-11H2,1-3H3/t13-,15?,16?,17+,18+/m0/s1. The Morgan fingerprint density at radius 2 is 1.95 bits per heavy atom. The van der Waals surface area contributed by atoms with Crippen molar-refractivity contribution in [2.24, 2.45) is 17.8 Å². The highest BCUT2D eigenvalue weighted by Crippen LogP contribution is 2.41. The highest BCUT2D eigenvalue weighted by atomic mass is 16.6. The zero-order chi connectivity index (χ0) is 15.7. The van der Waals surface area contributed by atoms with Gasteiger partial charge in [0.1, 0.15) is 12.2 Å². The molecule has 1 aromatic rings. The van der Waals surface area contributed by atoms with Crippen LogP contribution in [0.3, 0.4) is 0 Å². The number of epoxide rings is 1. The van der Waals surface area contributed by atoms with Crippen molar-refractivity contribution >= 4 is 5.97 Å². The van der Waals surface area contributed by atoms with E-state index in [4.69, 9.17) is 9.47 Å². The summed E-state index contributed by atoms with van der Waals surface area (Å²) in [6.45, 7) is 6.70. The number of carbonyl (C=O) groups excluding carboxylic acids is 1. The maximum Gasteiger partial charge on any atom is 0.338 e. The second-order valence-electron chi connectivity index (χ2n) is 7.19. The molecule has 0 N–H and O–H groups in total. The maximum absolute atomic E-state index is 12.4. The van der Waals surface area contributed by atoms with Crippen molar-refractivity contribution in [3.8, 4) is 0 Å². The first kappa shape index (κ1) is 15.5. The Kier molecular flexibility index (Phi) is 4.53.